The van der Waals surface area contributed by atoms with Crippen LogP contribution in [0.4, 0.5) is 0 Å². The van der Waals surface area contributed by atoms with E-state index in [0.717, 1.165) is 17.2 Å². The summed E-state index contributed by atoms with van der Waals surface area (Å²) in [5.41, 5.74) is 2.61. The van der Waals surface area contributed by atoms with E-state index in [2.05, 4.69) is 6.58 Å². The second-order valence-electron chi connectivity index (χ2n) is 5.27. The third-order valence-corrected chi connectivity index (χ3v) is 3.56. The van der Waals surface area contributed by atoms with Crippen molar-refractivity contribution in [1.82, 2.24) is 0 Å². The quantitative estimate of drug-likeness (QED) is 0.476. The first-order valence-corrected chi connectivity index (χ1v) is 7.59. The van der Waals surface area contributed by atoms with Gasteiger partial charge in [0.2, 0.25) is 0 Å². The zero-order chi connectivity index (χ0) is 16.7. The average molecular weight is 316 g/mol. The van der Waals surface area contributed by atoms with Gasteiger partial charge in [0.15, 0.2) is 0 Å². The number of hydrogen-bond donors (Lipinski definition) is 1. The van der Waals surface area contributed by atoms with E-state index in [-0.39, 0.29) is 11.7 Å². The number of aryl methyl sites for hydroxylation is 1. The molecule has 23 heavy (non-hydrogen) atoms. The van der Waals surface area contributed by atoms with Crippen molar-refractivity contribution in [2.75, 3.05) is 13.2 Å². The van der Waals surface area contributed by atoms with Gasteiger partial charge in [-0.1, -0.05) is 12.6 Å². The van der Waals surface area contributed by atoms with Crippen LogP contribution < -0.4 is 0 Å². The predicted molar refractivity (Wildman–Crippen MR) is 85.8 cm³/mol. The number of hydrogen-bond acceptors (Lipinski definition) is 5. The van der Waals surface area contributed by atoms with Crippen LogP contribution in [0.15, 0.2) is 36.4 Å². The first-order chi connectivity index (χ1) is 11.1. The molecule has 0 heterocycles. The largest absolute Gasteiger partial charge is 0.508 e. The fraction of sp³-hybridized carbons (Fsp3) is 0.333. The molecule has 5 nitrogen and oxygen atoms in total. The lowest BCUT2D eigenvalue weighted by Gasteiger charge is -2.16. The maximum absolute atomic E-state index is 12.0. The number of rotatable bonds is 7. The topological polar surface area (TPSA) is 72.8 Å². The molecule has 0 bridgehead atoms. The molecule has 1 N–H and O–H groups in total. The minimum absolute atomic E-state index is 0.236. The Hall–Kier alpha value is -2.56. The SMILES string of the molecule is C=CC(=O)OCCCCOC(=O)C1=Cc2ccc(O)cc2CC1. The second-order valence-corrected chi connectivity index (χ2v) is 5.27. The lowest BCUT2D eigenvalue weighted by Crippen LogP contribution is -2.13. The highest BCUT2D eigenvalue weighted by molar-refractivity contribution is 5.94. The van der Waals surface area contributed by atoms with Gasteiger partial charge in [0.25, 0.3) is 0 Å². The highest BCUT2D eigenvalue weighted by Gasteiger charge is 2.17. The molecule has 0 radical (unpaired) electrons. The standard InChI is InChI=1S/C18H20O5/c1-2-17(20)22-9-3-4-10-23-18(21)15-6-5-14-12-16(19)8-7-13(14)11-15/h2,7-8,11-12,19H,1,3-6,9-10H2. The average Bonchev–Trinajstić information content (AvgIpc) is 2.56. The predicted octanol–water partition coefficient (Wildman–Crippen LogP) is 2.77. The first kappa shape index (κ1) is 16.8. The number of phenols is 1. The van der Waals surface area contributed by atoms with Gasteiger partial charge >= 0.3 is 11.9 Å². The summed E-state index contributed by atoms with van der Waals surface area (Å²) in [5.74, 6) is -0.522. The van der Waals surface area contributed by atoms with Gasteiger partial charge in [0.1, 0.15) is 5.75 Å². The summed E-state index contributed by atoms with van der Waals surface area (Å²) in [6.07, 6.45) is 5.51. The number of aromatic hydroxyl groups is 1. The van der Waals surface area contributed by atoms with Gasteiger partial charge in [-0.15, -0.1) is 0 Å². The van der Waals surface area contributed by atoms with Gasteiger partial charge in [-0.05, 0) is 55.0 Å². The molecule has 0 aliphatic heterocycles. The van der Waals surface area contributed by atoms with Crippen molar-refractivity contribution < 1.29 is 24.2 Å². The van der Waals surface area contributed by atoms with Crippen LogP contribution in [0.25, 0.3) is 6.08 Å². The van der Waals surface area contributed by atoms with Crippen molar-refractivity contribution in [3.8, 4) is 5.75 Å². The Morgan fingerprint density at radius 2 is 1.91 bits per heavy atom. The molecule has 1 aromatic rings. The number of unbranched alkanes of at least 4 members (excludes halogenated alkanes) is 1. The highest BCUT2D eigenvalue weighted by Crippen LogP contribution is 2.27. The Bertz CT molecular complexity index is 630. The number of fused-ring (bicyclic) bond motifs is 1. The zero-order valence-electron chi connectivity index (χ0n) is 12.9. The Labute approximate surface area is 135 Å². The number of ether oxygens (including phenoxy) is 2. The van der Waals surface area contributed by atoms with Gasteiger partial charge < -0.3 is 14.6 Å². The van der Waals surface area contributed by atoms with Crippen LogP contribution in [-0.2, 0) is 25.5 Å². The minimum atomic E-state index is -0.445. The second kappa shape index (κ2) is 8.17. The third-order valence-electron chi connectivity index (χ3n) is 3.56. The van der Waals surface area contributed by atoms with Crippen LogP contribution in [0, 0.1) is 0 Å². The molecule has 1 aliphatic carbocycles. The van der Waals surface area contributed by atoms with Crippen LogP contribution in [0.1, 0.15) is 30.4 Å². The third kappa shape index (κ3) is 4.98. The molecular formula is C18H20O5. The van der Waals surface area contributed by atoms with Crippen LogP contribution in [0.5, 0.6) is 5.75 Å². The summed E-state index contributed by atoms with van der Waals surface area (Å²) >= 11 is 0. The summed E-state index contributed by atoms with van der Waals surface area (Å²) in [7, 11) is 0. The summed E-state index contributed by atoms with van der Waals surface area (Å²) in [4.78, 5) is 22.9. The van der Waals surface area contributed by atoms with E-state index < -0.39 is 5.97 Å². The van der Waals surface area contributed by atoms with Gasteiger partial charge in [-0.25, -0.2) is 9.59 Å². The van der Waals surface area contributed by atoms with Gasteiger partial charge in [-0.2, -0.15) is 0 Å². The Morgan fingerprint density at radius 3 is 2.65 bits per heavy atom. The molecule has 0 aromatic heterocycles. The molecule has 0 fully saturated rings. The van der Waals surface area contributed by atoms with Crippen molar-refractivity contribution in [3.63, 3.8) is 0 Å². The monoisotopic (exact) mass is 316 g/mol. The van der Waals surface area contributed by atoms with Gasteiger partial charge in [0, 0.05) is 11.6 Å². The molecule has 0 atom stereocenters. The molecule has 0 unspecified atom stereocenters. The molecule has 0 spiro atoms. The van der Waals surface area contributed by atoms with Crippen LogP contribution in [0.2, 0.25) is 0 Å². The van der Waals surface area contributed by atoms with Crippen molar-refractivity contribution in [2.45, 2.75) is 25.7 Å². The first-order valence-electron chi connectivity index (χ1n) is 7.59. The van der Waals surface area contributed by atoms with Crippen molar-refractivity contribution in [1.29, 1.82) is 0 Å². The number of esters is 2. The van der Waals surface area contributed by atoms with Gasteiger partial charge in [-0.3, -0.25) is 0 Å². The van der Waals surface area contributed by atoms with E-state index in [0.29, 0.717) is 44.5 Å². The molecule has 1 aliphatic rings. The molecule has 122 valence electrons. The Kier molecular flexibility index (Phi) is 5.97. The maximum atomic E-state index is 12.0. The van der Waals surface area contributed by atoms with Crippen molar-refractivity contribution >= 4 is 18.0 Å². The van der Waals surface area contributed by atoms with Crippen molar-refractivity contribution in [2.24, 2.45) is 0 Å². The number of benzene rings is 1. The molecular weight excluding hydrogens is 296 g/mol. The normalized spacial score (nSPS) is 12.8. The maximum Gasteiger partial charge on any atom is 0.334 e. The van der Waals surface area contributed by atoms with E-state index in [1.165, 1.54) is 0 Å². The number of carbonyl (C=O) groups is 2. The van der Waals surface area contributed by atoms with E-state index in [1.807, 2.05) is 6.08 Å². The van der Waals surface area contributed by atoms with Crippen LogP contribution >= 0.6 is 0 Å². The molecule has 1 aromatic carbocycles. The Balaban J connectivity index is 1.75. The smallest absolute Gasteiger partial charge is 0.334 e. The minimum Gasteiger partial charge on any atom is -0.508 e. The van der Waals surface area contributed by atoms with E-state index in [4.69, 9.17) is 9.47 Å². The summed E-state index contributed by atoms with van der Waals surface area (Å²) in [6, 6.07) is 5.12. The fourth-order valence-corrected chi connectivity index (χ4v) is 2.33. The summed E-state index contributed by atoms with van der Waals surface area (Å²) in [6.45, 7) is 3.90. The summed E-state index contributed by atoms with van der Waals surface area (Å²) in [5, 5.41) is 9.45. The molecule has 5 heteroatoms. The van der Waals surface area contributed by atoms with Crippen LogP contribution in [0.3, 0.4) is 0 Å². The number of phenolic OH excluding ortho intramolecular Hbond substituents is 1. The highest BCUT2D eigenvalue weighted by atomic mass is 16.5. The molecule has 0 amide bonds. The van der Waals surface area contributed by atoms with Crippen molar-refractivity contribution in [3.05, 3.63) is 47.6 Å². The number of carbonyl (C=O) groups excluding carboxylic acids is 2. The van der Waals surface area contributed by atoms with Gasteiger partial charge in [0.05, 0.1) is 13.2 Å². The van der Waals surface area contributed by atoms with Crippen LogP contribution in [-0.4, -0.2) is 30.3 Å². The van der Waals surface area contributed by atoms with E-state index >= 15 is 0 Å². The Morgan fingerprint density at radius 1 is 1.17 bits per heavy atom. The van der Waals surface area contributed by atoms with E-state index in [9.17, 15) is 14.7 Å². The fourth-order valence-electron chi connectivity index (χ4n) is 2.33. The molecule has 0 saturated heterocycles. The molecule has 2 rings (SSSR count). The molecule has 0 saturated carbocycles. The lowest BCUT2D eigenvalue weighted by molar-refractivity contribution is -0.141. The zero-order valence-corrected chi connectivity index (χ0v) is 12.9. The summed E-state index contributed by atoms with van der Waals surface area (Å²) < 4.78 is 10.1. The van der Waals surface area contributed by atoms with E-state index in [1.54, 1.807) is 18.2 Å². The lowest BCUT2D eigenvalue weighted by atomic mass is 9.92.